The number of hydrogen-bond donors (Lipinski definition) is 0. The fraction of sp³-hybridized carbons (Fsp3) is 0.700. The van der Waals surface area contributed by atoms with E-state index < -0.39 is 14.8 Å². The van der Waals surface area contributed by atoms with Gasteiger partial charge in [-0.3, -0.25) is 10.1 Å². The Labute approximate surface area is 129 Å². The molecular formula is C10H13BrN4O5S. The fourth-order valence-electron chi connectivity index (χ4n) is 2.55. The molecule has 0 amide bonds. The van der Waals surface area contributed by atoms with E-state index >= 15 is 0 Å². The van der Waals surface area contributed by atoms with Gasteiger partial charge in [-0.25, -0.2) is 13.1 Å². The minimum absolute atomic E-state index is 0.0321. The molecule has 21 heavy (non-hydrogen) atoms. The summed E-state index contributed by atoms with van der Waals surface area (Å²) in [5.74, 6) is 0.292. The maximum absolute atomic E-state index is 11.4. The van der Waals surface area contributed by atoms with Crippen LogP contribution in [0, 0.1) is 10.1 Å². The molecule has 2 aliphatic rings. The molecule has 1 aromatic heterocycles. The number of nitrogens with zero attached hydrogens (tertiary/aromatic N) is 4. The first-order valence-electron chi connectivity index (χ1n) is 6.34. The van der Waals surface area contributed by atoms with Crippen LogP contribution in [-0.4, -0.2) is 60.9 Å². The van der Waals surface area contributed by atoms with Gasteiger partial charge in [0.15, 0.2) is 9.84 Å². The van der Waals surface area contributed by atoms with Crippen molar-refractivity contribution < 1.29 is 18.1 Å². The summed E-state index contributed by atoms with van der Waals surface area (Å²) < 4.78 is 29.6. The molecule has 0 radical (unpaired) electrons. The molecular weight excluding hydrogens is 368 g/mol. The number of morpholine rings is 1. The Morgan fingerprint density at radius 3 is 2.48 bits per heavy atom. The summed E-state index contributed by atoms with van der Waals surface area (Å²) in [6.07, 6.45) is 0. The molecule has 0 aliphatic carbocycles. The largest absolute Gasteiger partial charge is 0.378 e. The molecule has 0 atom stereocenters. The third-order valence-corrected chi connectivity index (χ3v) is 5.87. The second-order valence-electron chi connectivity index (χ2n) is 4.99. The molecule has 1 aromatic rings. The van der Waals surface area contributed by atoms with E-state index in [1.54, 1.807) is 0 Å². The lowest BCUT2D eigenvalue weighted by Crippen LogP contribution is -2.43. The van der Waals surface area contributed by atoms with Crippen LogP contribution in [0.4, 0.5) is 11.5 Å². The molecule has 3 rings (SSSR count). The zero-order valence-electron chi connectivity index (χ0n) is 10.9. The third-order valence-electron chi connectivity index (χ3n) is 3.55. The second-order valence-corrected chi connectivity index (χ2v) is 7.90. The maximum atomic E-state index is 11.4. The number of anilines is 1. The van der Waals surface area contributed by atoms with Gasteiger partial charge >= 0.3 is 5.69 Å². The molecule has 0 spiro atoms. The van der Waals surface area contributed by atoms with Crippen molar-refractivity contribution in [3.63, 3.8) is 0 Å². The Morgan fingerprint density at radius 1 is 1.33 bits per heavy atom. The van der Waals surface area contributed by atoms with Gasteiger partial charge in [0.05, 0.1) is 35.7 Å². The molecule has 116 valence electrons. The Morgan fingerprint density at radius 2 is 1.95 bits per heavy atom. The Hall–Kier alpha value is -1.20. The Kier molecular flexibility index (Phi) is 3.66. The standard InChI is InChI=1S/C10H13BrN4O5S/c11-9-8(15(16)17)10(13-1-3-20-4-2-13)14(12-9)7-5-21(18,19)6-7/h7H,1-6H2. The Balaban J connectivity index is 2.03. The summed E-state index contributed by atoms with van der Waals surface area (Å²) in [4.78, 5) is 12.6. The van der Waals surface area contributed by atoms with E-state index in [-0.39, 0.29) is 27.8 Å². The number of ether oxygens (including phenoxy) is 1. The fourth-order valence-corrected chi connectivity index (χ4v) is 4.40. The van der Waals surface area contributed by atoms with Crippen molar-refractivity contribution in [2.45, 2.75) is 6.04 Å². The predicted octanol–water partition coefficient (Wildman–Crippen LogP) is 0.360. The van der Waals surface area contributed by atoms with Crippen molar-refractivity contribution in [3.05, 3.63) is 14.7 Å². The zero-order chi connectivity index (χ0) is 15.2. The van der Waals surface area contributed by atoms with Gasteiger partial charge in [0.25, 0.3) is 0 Å². The van der Waals surface area contributed by atoms with Crippen molar-refractivity contribution in [3.8, 4) is 0 Å². The highest BCUT2D eigenvalue weighted by Gasteiger charge is 2.41. The SMILES string of the molecule is O=[N+]([O-])c1c(Br)nn(C2CS(=O)(=O)C2)c1N1CCOCC1. The number of nitro groups is 1. The lowest BCUT2D eigenvalue weighted by atomic mass is 10.3. The monoisotopic (exact) mass is 380 g/mol. The summed E-state index contributed by atoms with van der Waals surface area (Å²) in [7, 11) is -3.04. The van der Waals surface area contributed by atoms with Crippen molar-refractivity contribution in [2.75, 3.05) is 42.7 Å². The first-order chi connectivity index (χ1) is 9.89. The summed E-state index contributed by atoms with van der Waals surface area (Å²) in [6.45, 7) is 1.97. The second kappa shape index (κ2) is 5.21. The minimum Gasteiger partial charge on any atom is -0.378 e. The number of sulfone groups is 1. The molecule has 0 N–H and O–H groups in total. The van der Waals surface area contributed by atoms with Gasteiger partial charge in [-0.2, -0.15) is 5.10 Å². The summed E-state index contributed by atoms with van der Waals surface area (Å²) in [5.41, 5.74) is -0.124. The van der Waals surface area contributed by atoms with E-state index in [0.717, 1.165) is 0 Å². The summed E-state index contributed by atoms with van der Waals surface area (Å²) >= 11 is 3.10. The van der Waals surface area contributed by atoms with Gasteiger partial charge in [-0.15, -0.1) is 0 Å². The maximum Gasteiger partial charge on any atom is 0.345 e. The zero-order valence-corrected chi connectivity index (χ0v) is 13.3. The smallest absolute Gasteiger partial charge is 0.345 e. The van der Waals surface area contributed by atoms with Gasteiger partial charge in [0.2, 0.25) is 10.4 Å². The summed E-state index contributed by atoms with van der Waals surface area (Å²) in [6, 6.07) is -0.349. The highest BCUT2D eigenvalue weighted by atomic mass is 79.9. The van der Waals surface area contributed by atoms with Crippen molar-refractivity contribution in [1.82, 2.24) is 9.78 Å². The average molecular weight is 381 g/mol. The lowest BCUT2D eigenvalue weighted by molar-refractivity contribution is -0.385. The van der Waals surface area contributed by atoms with Gasteiger partial charge in [-0.05, 0) is 15.9 Å². The van der Waals surface area contributed by atoms with Crippen LogP contribution >= 0.6 is 15.9 Å². The number of halogens is 1. The van der Waals surface area contributed by atoms with Crippen molar-refractivity contribution in [2.24, 2.45) is 0 Å². The molecule has 11 heteroatoms. The van der Waals surface area contributed by atoms with E-state index in [9.17, 15) is 18.5 Å². The molecule has 3 heterocycles. The topological polar surface area (TPSA) is 108 Å². The van der Waals surface area contributed by atoms with Crippen LogP contribution in [0.15, 0.2) is 4.60 Å². The Bertz CT molecular complexity index is 670. The molecule has 0 bridgehead atoms. The molecule has 0 saturated carbocycles. The van der Waals surface area contributed by atoms with E-state index in [4.69, 9.17) is 4.74 Å². The van der Waals surface area contributed by atoms with Crippen LogP contribution in [-0.2, 0) is 14.6 Å². The first kappa shape index (κ1) is 14.7. The van der Waals surface area contributed by atoms with Gasteiger partial charge in [0, 0.05) is 13.1 Å². The van der Waals surface area contributed by atoms with E-state index in [0.29, 0.717) is 32.1 Å². The van der Waals surface area contributed by atoms with Gasteiger partial charge in [-0.1, -0.05) is 0 Å². The molecule has 9 nitrogen and oxygen atoms in total. The molecule has 0 unspecified atom stereocenters. The quantitative estimate of drug-likeness (QED) is 0.550. The highest BCUT2D eigenvalue weighted by molar-refractivity contribution is 9.10. The third kappa shape index (κ3) is 2.64. The minimum atomic E-state index is -3.04. The van der Waals surface area contributed by atoms with Crippen LogP contribution in [0.1, 0.15) is 6.04 Å². The average Bonchev–Trinajstić information content (AvgIpc) is 2.74. The number of aromatic nitrogens is 2. The number of rotatable bonds is 3. The summed E-state index contributed by atoms with van der Waals surface area (Å²) in [5, 5.41) is 15.4. The molecule has 2 fully saturated rings. The van der Waals surface area contributed by atoms with E-state index in [1.807, 2.05) is 4.90 Å². The van der Waals surface area contributed by atoms with Crippen LogP contribution in [0.25, 0.3) is 0 Å². The number of hydrogen-bond acceptors (Lipinski definition) is 7. The first-order valence-corrected chi connectivity index (χ1v) is 8.96. The van der Waals surface area contributed by atoms with Crippen molar-refractivity contribution in [1.29, 1.82) is 0 Å². The highest BCUT2D eigenvalue weighted by Crippen LogP contribution is 2.39. The predicted molar refractivity (Wildman–Crippen MR) is 77.3 cm³/mol. The van der Waals surface area contributed by atoms with Crippen LogP contribution < -0.4 is 4.90 Å². The van der Waals surface area contributed by atoms with E-state index in [2.05, 4.69) is 21.0 Å². The normalized spacial score (nSPS) is 22.0. The van der Waals surface area contributed by atoms with Crippen molar-refractivity contribution >= 4 is 37.3 Å². The van der Waals surface area contributed by atoms with Gasteiger partial charge < -0.3 is 9.64 Å². The molecule has 2 aliphatic heterocycles. The van der Waals surface area contributed by atoms with Gasteiger partial charge in [0.1, 0.15) is 0 Å². The van der Waals surface area contributed by atoms with Crippen LogP contribution in [0.2, 0.25) is 0 Å². The van der Waals surface area contributed by atoms with E-state index in [1.165, 1.54) is 4.68 Å². The molecule has 0 aromatic carbocycles. The van der Waals surface area contributed by atoms with Crippen LogP contribution in [0.3, 0.4) is 0 Å². The lowest BCUT2D eigenvalue weighted by Gasteiger charge is -2.32. The van der Waals surface area contributed by atoms with Crippen LogP contribution in [0.5, 0.6) is 0 Å². The molecule has 2 saturated heterocycles.